The van der Waals surface area contributed by atoms with E-state index >= 15 is 0 Å². The second kappa shape index (κ2) is 2.98. The zero-order valence-electron chi connectivity index (χ0n) is 7.84. The molecular formula is C8H12N4O2. The van der Waals surface area contributed by atoms with Crippen LogP contribution >= 0.6 is 0 Å². The van der Waals surface area contributed by atoms with E-state index in [4.69, 9.17) is 10.8 Å². The number of nitrogens with zero attached hydrogens (tertiary/aromatic N) is 3. The third-order valence-electron chi connectivity index (χ3n) is 2.21. The van der Waals surface area contributed by atoms with Gasteiger partial charge in [0.25, 0.3) is 5.91 Å². The Balaban J connectivity index is 2.15. The average Bonchev–Trinajstić information content (AvgIpc) is 2.39. The molecule has 1 saturated heterocycles. The maximum atomic E-state index is 11.7. The highest BCUT2D eigenvalue weighted by Gasteiger charge is 2.31. The summed E-state index contributed by atoms with van der Waals surface area (Å²) in [5, 5.41) is 13.0. The SMILES string of the molecule is Cn1cc(N)c(C(=O)N2CC(O)C2)n1. The molecule has 0 aromatic carbocycles. The number of aryl methyl sites for hydroxylation is 1. The zero-order valence-corrected chi connectivity index (χ0v) is 7.84. The molecule has 14 heavy (non-hydrogen) atoms. The van der Waals surface area contributed by atoms with Crippen molar-refractivity contribution in [3.05, 3.63) is 11.9 Å². The first kappa shape index (κ1) is 9.01. The molecule has 1 fully saturated rings. The molecule has 6 heteroatoms. The van der Waals surface area contributed by atoms with Crippen LogP contribution in [0.15, 0.2) is 6.20 Å². The summed E-state index contributed by atoms with van der Waals surface area (Å²) in [7, 11) is 1.71. The van der Waals surface area contributed by atoms with Crippen molar-refractivity contribution in [2.24, 2.45) is 7.05 Å². The lowest BCUT2D eigenvalue weighted by Crippen LogP contribution is -2.53. The second-order valence-electron chi connectivity index (χ2n) is 3.47. The second-order valence-corrected chi connectivity index (χ2v) is 3.47. The molecule has 3 N–H and O–H groups in total. The number of β-amino-alcohol motifs (C(OH)–C–C–N with tert-alkyl or cyclic N) is 1. The largest absolute Gasteiger partial charge is 0.396 e. The maximum Gasteiger partial charge on any atom is 0.276 e. The van der Waals surface area contributed by atoms with E-state index in [1.165, 1.54) is 9.58 Å². The first-order valence-corrected chi connectivity index (χ1v) is 4.34. The lowest BCUT2D eigenvalue weighted by atomic mass is 10.1. The van der Waals surface area contributed by atoms with Gasteiger partial charge in [-0.1, -0.05) is 0 Å². The standard InChI is InChI=1S/C8H12N4O2/c1-11-4-6(9)7(10-11)8(14)12-2-5(13)3-12/h4-5,13H,2-3,9H2,1H3. The molecule has 1 amide bonds. The quantitative estimate of drug-likeness (QED) is 0.592. The summed E-state index contributed by atoms with van der Waals surface area (Å²) in [6.07, 6.45) is 1.19. The maximum absolute atomic E-state index is 11.7. The molecule has 2 rings (SSSR count). The van der Waals surface area contributed by atoms with Crippen molar-refractivity contribution in [2.75, 3.05) is 18.8 Å². The van der Waals surface area contributed by atoms with Gasteiger partial charge in [0.15, 0.2) is 5.69 Å². The Hall–Kier alpha value is -1.56. The fourth-order valence-electron chi connectivity index (χ4n) is 1.44. The Morgan fingerprint density at radius 3 is 2.79 bits per heavy atom. The number of likely N-dealkylation sites (tertiary alicyclic amines) is 1. The van der Waals surface area contributed by atoms with Crippen LogP contribution in [0.5, 0.6) is 0 Å². The van der Waals surface area contributed by atoms with E-state index in [1.807, 2.05) is 0 Å². The fraction of sp³-hybridized carbons (Fsp3) is 0.500. The van der Waals surface area contributed by atoms with Gasteiger partial charge >= 0.3 is 0 Å². The van der Waals surface area contributed by atoms with Gasteiger partial charge in [-0.3, -0.25) is 9.48 Å². The average molecular weight is 196 g/mol. The van der Waals surface area contributed by atoms with E-state index in [0.717, 1.165) is 0 Å². The molecule has 0 saturated carbocycles. The predicted octanol–water partition coefficient (Wildman–Crippen LogP) is -1.18. The van der Waals surface area contributed by atoms with Crippen molar-refractivity contribution in [3.8, 4) is 0 Å². The van der Waals surface area contributed by atoms with E-state index in [0.29, 0.717) is 18.8 Å². The predicted molar refractivity (Wildman–Crippen MR) is 49.5 cm³/mol. The molecule has 0 bridgehead atoms. The fourth-order valence-corrected chi connectivity index (χ4v) is 1.44. The van der Waals surface area contributed by atoms with E-state index in [-0.39, 0.29) is 11.6 Å². The molecule has 0 aliphatic carbocycles. The van der Waals surface area contributed by atoms with E-state index in [9.17, 15) is 4.79 Å². The summed E-state index contributed by atoms with van der Waals surface area (Å²) in [4.78, 5) is 13.2. The highest BCUT2D eigenvalue weighted by atomic mass is 16.3. The van der Waals surface area contributed by atoms with Crippen LogP contribution in [0.1, 0.15) is 10.5 Å². The third-order valence-corrected chi connectivity index (χ3v) is 2.21. The normalized spacial score (nSPS) is 16.9. The minimum absolute atomic E-state index is 0.214. The number of anilines is 1. The molecule has 0 unspecified atom stereocenters. The van der Waals surface area contributed by atoms with Gasteiger partial charge in [-0.05, 0) is 0 Å². The first-order chi connectivity index (χ1) is 6.58. The van der Waals surface area contributed by atoms with Crippen LogP contribution in [0.4, 0.5) is 5.69 Å². The number of aliphatic hydroxyl groups excluding tert-OH is 1. The first-order valence-electron chi connectivity index (χ1n) is 4.34. The highest BCUT2D eigenvalue weighted by molar-refractivity contribution is 5.97. The third kappa shape index (κ3) is 1.33. The van der Waals surface area contributed by atoms with Crippen molar-refractivity contribution in [1.82, 2.24) is 14.7 Å². The van der Waals surface area contributed by atoms with Gasteiger partial charge in [0.2, 0.25) is 0 Å². The van der Waals surface area contributed by atoms with Crippen molar-refractivity contribution >= 4 is 11.6 Å². The van der Waals surface area contributed by atoms with Crippen LogP contribution in [0.2, 0.25) is 0 Å². The van der Waals surface area contributed by atoms with Crippen LogP contribution in [0.25, 0.3) is 0 Å². The molecule has 76 valence electrons. The molecular weight excluding hydrogens is 184 g/mol. The van der Waals surface area contributed by atoms with Crippen LogP contribution in [0.3, 0.4) is 0 Å². The minimum atomic E-state index is -0.399. The van der Waals surface area contributed by atoms with Gasteiger partial charge in [-0.15, -0.1) is 0 Å². The van der Waals surface area contributed by atoms with Crippen molar-refractivity contribution < 1.29 is 9.90 Å². The minimum Gasteiger partial charge on any atom is -0.396 e. The van der Waals surface area contributed by atoms with Crippen molar-refractivity contribution in [3.63, 3.8) is 0 Å². The Morgan fingerprint density at radius 2 is 2.36 bits per heavy atom. The Kier molecular flexibility index (Phi) is 1.92. The molecule has 6 nitrogen and oxygen atoms in total. The summed E-state index contributed by atoms with van der Waals surface area (Å²) in [5.74, 6) is -0.214. The molecule has 1 aromatic heterocycles. The number of aliphatic hydroxyl groups is 1. The molecule has 0 radical (unpaired) electrons. The number of amides is 1. The molecule has 1 aliphatic rings. The number of aromatic nitrogens is 2. The van der Waals surface area contributed by atoms with Gasteiger partial charge in [0, 0.05) is 26.3 Å². The number of nitrogens with two attached hydrogens (primary N) is 1. The zero-order chi connectivity index (χ0) is 10.3. The lowest BCUT2D eigenvalue weighted by Gasteiger charge is -2.35. The van der Waals surface area contributed by atoms with E-state index in [2.05, 4.69) is 5.10 Å². The van der Waals surface area contributed by atoms with E-state index in [1.54, 1.807) is 13.2 Å². The number of carbonyl (C=O) groups excluding carboxylic acids is 1. The van der Waals surface area contributed by atoms with Crippen LogP contribution in [-0.2, 0) is 7.05 Å². The molecule has 0 atom stereocenters. The summed E-state index contributed by atoms with van der Waals surface area (Å²) in [5.41, 5.74) is 6.24. The number of rotatable bonds is 1. The Labute approximate surface area is 80.9 Å². The number of hydrogen-bond donors (Lipinski definition) is 2. The van der Waals surface area contributed by atoms with Crippen molar-refractivity contribution in [2.45, 2.75) is 6.10 Å². The highest BCUT2D eigenvalue weighted by Crippen LogP contribution is 2.16. The number of nitrogen functional groups attached to an aromatic ring is 1. The Bertz CT molecular complexity index is 367. The molecule has 1 aliphatic heterocycles. The lowest BCUT2D eigenvalue weighted by molar-refractivity contribution is 0.00552. The van der Waals surface area contributed by atoms with Gasteiger partial charge in [-0.25, -0.2) is 0 Å². The summed E-state index contributed by atoms with van der Waals surface area (Å²) >= 11 is 0. The van der Waals surface area contributed by atoms with Crippen molar-refractivity contribution in [1.29, 1.82) is 0 Å². The summed E-state index contributed by atoms with van der Waals surface area (Å²) in [6, 6.07) is 0. The number of carbonyl (C=O) groups is 1. The Morgan fingerprint density at radius 1 is 1.71 bits per heavy atom. The smallest absolute Gasteiger partial charge is 0.276 e. The van der Waals surface area contributed by atoms with Crippen LogP contribution < -0.4 is 5.73 Å². The van der Waals surface area contributed by atoms with Gasteiger partial charge < -0.3 is 15.7 Å². The van der Waals surface area contributed by atoms with Gasteiger partial charge in [0.05, 0.1) is 11.8 Å². The van der Waals surface area contributed by atoms with Crippen LogP contribution in [-0.4, -0.2) is 44.9 Å². The van der Waals surface area contributed by atoms with Gasteiger partial charge in [0.1, 0.15) is 0 Å². The van der Waals surface area contributed by atoms with Crippen LogP contribution in [0, 0.1) is 0 Å². The van der Waals surface area contributed by atoms with E-state index < -0.39 is 6.10 Å². The topological polar surface area (TPSA) is 84.4 Å². The summed E-state index contributed by atoms with van der Waals surface area (Å²) in [6.45, 7) is 0.740. The molecule has 1 aromatic rings. The number of hydrogen-bond acceptors (Lipinski definition) is 4. The molecule has 0 spiro atoms. The molecule has 2 heterocycles. The van der Waals surface area contributed by atoms with Gasteiger partial charge in [-0.2, -0.15) is 5.10 Å². The summed E-state index contributed by atoms with van der Waals surface area (Å²) < 4.78 is 1.50. The monoisotopic (exact) mass is 196 g/mol.